The van der Waals surface area contributed by atoms with Crippen molar-refractivity contribution in [1.29, 1.82) is 0 Å². The summed E-state index contributed by atoms with van der Waals surface area (Å²) in [5, 5.41) is 29.1. The first-order valence-corrected chi connectivity index (χ1v) is 15.8. The Morgan fingerprint density at radius 3 is 2.70 bits per heavy atom. The lowest BCUT2D eigenvalue weighted by Gasteiger charge is -2.49. The Kier molecular flexibility index (Phi) is 7.49. The molecule has 232 valence electrons. The summed E-state index contributed by atoms with van der Waals surface area (Å²) >= 11 is 2.59. The number of hydrogen-bond acceptors (Lipinski definition) is 11. The van der Waals surface area contributed by atoms with Crippen LogP contribution in [-0.4, -0.2) is 92.0 Å². The minimum Gasteiger partial charge on any atom is -0.477 e. The molecule has 0 aliphatic carbocycles. The van der Waals surface area contributed by atoms with Crippen LogP contribution in [0.1, 0.15) is 11.6 Å². The highest BCUT2D eigenvalue weighted by Gasteiger charge is 2.54. The molecule has 3 atom stereocenters. The number of amides is 3. The number of carbonyl (C=O) groups is 4. The summed E-state index contributed by atoms with van der Waals surface area (Å²) in [6.45, 7) is 0. The summed E-state index contributed by atoms with van der Waals surface area (Å²) in [6, 6.07) is 16.1. The van der Waals surface area contributed by atoms with Gasteiger partial charge in [0.05, 0.1) is 11.0 Å². The van der Waals surface area contributed by atoms with Crippen LogP contribution in [0, 0.1) is 0 Å². The second kappa shape index (κ2) is 11.8. The van der Waals surface area contributed by atoms with Crippen LogP contribution < -0.4 is 16.0 Å². The first-order valence-electron chi connectivity index (χ1n) is 13.7. The van der Waals surface area contributed by atoms with Crippen LogP contribution in [0.5, 0.6) is 0 Å². The van der Waals surface area contributed by atoms with Crippen molar-refractivity contribution in [2.75, 3.05) is 16.5 Å². The fourth-order valence-corrected chi connectivity index (χ4v) is 7.79. The lowest BCUT2D eigenvalue weighted by Crippen LogP contribution is -2.71. The molecule has 0 radical (unpaired) electrons. The molecule has 2 aliphatic rings. The quantitative estimate of drug-likeness (QED) is 0.107. The first kappa shape index (κ1) is 29.2. The van der Waals surface area contributed by atoms with Gasteiger partial charge < -0.3 is 15.4 Å². The van der Waals surface area contributed by atoms with Gasteiger partial charge in [-0.3, -0.25) is 19.3 Å². The topological polar surface area (TPSA) is 201 Å². The van der Waals surface area contributed by atoms with Gasteiger partial charge in [-0.2, -0.15) is 4.68 Å². The molecular formula is C28H22N10O6S2. The van der Waals surface area contributed by atoms with E-state index in [0.717, 1.165) is 9.69 Å². The standard InChI is InChI=1S/C28H22N10O6S2/c39-14-35(37-18-9-5-4-8-17(18)29-28(37)44)22(15-6-2-1-3-7-15)24(40)30-21-25(41)36-23(27(42)43)16(13-46-26(21)36)12-45-20-11-10-19-31-33-34-38(19)32-20/h1-11,14,21-22,26H,12-13H2,(H,29,44)(H,30,40)(H,42,43)/t21?,22?,26-/m0/s1. The Bertz CT molecular complexity index is 2110. The Morgan fingerprint density at radius 2 is 1.91 bits per heavy atom. The molecule has 5 aromatic rings. The molecule has 46 heavy (non-hydrogen) atoms. The lowest BCUT2D eigenvalue weighted by molar-refractivity contribution is -0.151. The average molecular weight is 659 g/mol. The van der Waals surface area contributed by atoms with Gasteiger partial charge in [-0.25, -0.2) is 14.6 Å². The Labute approximate surface area is 266 Å². The van der Waals surface area contributed by atoms with Crippen LogP contribution in [0.25, 0.3) is 16.7 Å². The summed E-state index contributed by atoms with van der Waals surface area (Å²) in [4.78, 5) is 69.2. The van der Waals surface area contributed by atoms with Crippen molar-refractivity contribution in [3.63, 3.8) is 0 Å². The van der Waals surface area contributed by atoms with Crippen LogP contribution in [-0.2, 0) is 19.2 Å². The monoisotopic (exact) mass is 658 g/mol. The van der Waals surface area contributed by atoms with E-state index in [1.54, 1.807) is 66.7 Å². The maximum atomic E-state index is 14.0. The summed E-state index contributed by atoms with van der Waals surface area (Å²) in [6.07, 6.45) is 0.379. The highest BCUT2D eigenvalue weighted by atomic mass is 32.2. The normalized spacial score (nSPS) is 18.3. The van der Waals surface area contributed by atoms with E-state index in [4.69, 9.17) is 0 Å². The van der Waals surface area contributed by atoms with Crippen molar-refractivity contribution >= 4 is 64.4 Å². The SMILES string of the molecule is O=CN(C(C(=O)NC1C(=O)N2C(C(=O)O)=C(CSc3ccc4nnnn4n3)CS[C@@H]12)c1ccccc1)n1c(=O)[nH]c2ccccc21. The number of aromatic amines is 1. The number of aromatic nitrogens is 7. The maximum absolute atomic E-state index is 14.0. The predicted octanol–water partition coefficient (Wildman–Crippen LogP) is 0.529. The number of carbonyl (C=O) groups excluding carboxylic acids is 3. The van der Waals surface area contributed by atoms with E-state index >= 15 is 0 Å². The number of imidazole rings is 1. The maximum Gasteiger partial charge on any atom is 0.352 e. The Morgan fingerprint density at radius 1 is 1.13 bits per heavy atom. The molecule has 2 aromatic carbocycles. The number of β-lactam (4-membered cyclic amide) rings is 1. The number of H-pyrrole nitrogens is 1. The number of nitrogens with one attached hydrogen (secondary N) is 2. The fraction of sp³-hybridized carbons (Fsp3) is 0.179. The number of nitrogens with zero attached hydrogens (tertiary/aromatic N) is 8. The third-order valence-electron chi connectivity index (χ3n) is 7.52. The van der Waals surface area contributed by atoms with Gasteiger partial charge in [-0.05, 0) is 45.8 Å². The van der Waals surface area contributed by atoms with Gasteiger partial charge >= 0.3 is 11.7 Å². The van der Waals surface area contributed by atoms with Gasteiger partial charge in [0.2, 0.25) is 12.3 Å². The molecule has 2 aliphatic heterocycles. The molecule has 1 fully saturated rings. The van der Waals surface area contributed by atoms with Gasteiger partial charge in [0, 0.05) is 11.5 Å². The molecule has 0 spiro atoms. The number of thioether (sulfide) groups is 2. The number of benzene rings is 2. The summed E-state index contributed by atoms with van der Waals surface area (Å²) in [5.41, 5.74) is 1.43. The average Bonchev–Trinajstić information content (AvgIpc) is 3.68. The van der Waals surface area contributed by atoms with Gasteiger partial charge in [0.15, 0.2) is 11.7 Å². The third kappa shape index (κ3) is 4.96. The van der Waals surface area contributed by atoms with E-state index in [0.29, 0.717) is 39.3 Å². The van der Waals surface area contributed by atoms with Crippen LogP contribution in [0.2, 0.25) is 0 Å². The molecule has 1 saturated heterocycles. The number of fused-ring (bicyclic) bond motifs is 3. The summed E-state index contributed by atoms with van der Waals surface area (Å²) in [7, 11) is 0. The first-order chi connectivity index (χ1) is 22.4. The summed E-state index contributed by atoms with van der Waals surface area (Å²) in [5.74, 6) is -2.06. The minimum absolute atomic E-state index is 0.144. The Balaban J connectivity index is 1.14. The highest BCUT2D eigenvalue weighted by Crippen LogP contribution is 2.41. The number of carboxylic acids is 1. The van der Waals surface area contributed by atoms with Crippen LogP contribution >= 0.6 is 23.5 Å². The molecule has 0 bridgehead atoms. The Hall–Kier alpha value is -5.49. The number of aliphatic carboxylic acids is 1. The second-order valence-electron chi connectivity index (χ2n) is 10.2. The third-order valence-corrected chi connectivity index (χ3v) is 9.87. The second-order valence-corrected chi connectivity index (χ2v) is 12.3. The zero-order chi connectivity index (χ0) is 31.9. The van der Waals surface area contributed by atoms with Crippen molar-refractivity contribution < 1.29 is 24.3 Å². The largest absolute Gasteiger partial charge is 0.477 e. The molecule has 5 heterocycles. The zero-order valence-corrected chi connectivity index (χ0v) is 25.1. The molecule has 0 saturated carbocycles. The van der Waals surface area contributed by atoms with Crippen molar-refractivity contribution in [2.24, 2.45) is 0 Å². The van der Waals surface area contributed by atoms with Gasteiger partial charge in [0.25, 0.3) is 5.91 Å². The predicted molar refractivity (Wildman–Crippen MR) is 165 cm³/mol. The number of tetrazole rings is 1. The van der Waals surface area contributed by atoms with Crippen LogP contribution in [0.3, 0.4) is 0 Å². The molecular weight excluding hydrogens is 637 g/mol. The van der Waals surface area contributed by atoms with E-state index in [-0.39, 0.29) is 17.2 Å². The van der Waals surface area contributed by atoms with Crippen LogP contribution in [0.4, 0.5) is 0 Å². The molecule has 7 rings (SSSR count). The van der Waals surface area contributed by atoms with Gasteiger partial charge in [-0.1, -0.05) is 42.5 Å². The number of hydrogen-bond donors (Lipinski definition) is 3. The molecule has 3 aromatic heterocycles. The number of rotatable bonds is 10. The van der Waals surface area contributed by atoms with Gasteiger partial charge in [0.1, 0.15) is 22.1 Å². The van der Waals surface area contributed by atoms with Crippen LogP contribution in [0.15, 0.2) is 87.8 Å². The van der Waals surface area contributed by atoms with Crippen molar-refractivity contribution in [1.82, 2.24) is 45.1 Å². The molecule has 2 unspecified atom stereocenters. The van der Waals surface area contributed by atoms with Crippen molar-refractivity contribution in [2.45, 2.75) is 22.5 Å². The van der Waals surface area contributed by atoms with Crippen molar-refractivity contribution in [3.05, 3.63) is 94.0 Å². The van der Waals surface area contributed by atoms with E-state index < -0.39 is 40.9 Å². The van der Waals surface area contributed by atoms with E-state index in [1.807, 2.05) is 0 Å². The van der Waals surface area contributed by atoms with E-state index in [2.05, 4.69) is 30.9 Å². The number of carboxylic acid groups (broad SMARTS) is 1. The van der Waals surface area contributed by atoms with E-state index in [1.165, 1.54) is 33.1 Å². The van der Waals surface area contributed by atoms with Gasteiger partial charge in [-0.15, -0.1) is 38.4 Å². The zero-order valence-electron chi connectivity index (χ0n) is 23.5. The molecule has 18 heteroatoms. The molecule has 16 nitrogen and oxygen atoms in total. The number of para-hydroxylation sites is 2. The molecule has 3 amide bonds. The van der Waals surface area contributed by atoms with Crippen molar-refractivity contribution in [3.8, 4) is 0 Å². The molecule has 3 N–H and O–H groups in total. The smallest absolute Gasteiger partial charge is 0.352 e. The summed E-state index contributed by atoms with van der Waals surface area (Å²) < 4.78 is 2.33. The highest BCUT2D eigenvalue weighted by molar-refractivity contribution is 8.01. The minimum atomic E-state index is -1.34. The fourth-order valence-electron chi connectivity index (χ4n) is 5.45. The van der Waals surface area contributed by atoms with E-state index in [9.17, 15) is 29.1 Å². The lowest BCUT2D eigenvalue weighted by atomic mass is 10.0.